The molecule has 0 saturated heterocycles. The summed E-state index contributed by atoms with van der Waals surface area (Å²) < 4.78 is 4.97. The molecule has 0 fully saturated rings. The molecule has 0 aromatic heterocycles. The molecule has 1 aromatic carbocycles. The molecule has 1 rings (SSSR count). The summed E-state index contributed by atoms with van der Waals surface area (Å²) in [5.74, 6) is -0.237. The van der Waals surface area contributed by atoms with E-state index < -0.39 is 0 Å². The van der Waals surface area contributed by atoms with Crippen LogP contribution in [-0.4, -0.2) is 30.1 Å². The molecular formula is C14H19Cl2NO2. The quantitative estimate of drug-likeness (QED) is 0.749. The third kappa shape index (κ3) is 5.01. The van der Waals surface area contributed by atoms with Crippen LogP contribution in [0, 0.1) is 0 Å². The molecular weight excluding hydrogens is 285 g/mol. The van der Waals surface area contributed by atoms with Gasteiger partial charge in [0.25, 0.3) is 0 Å². The average Bonchev–Trinajstić information content (AvgIpc) is 2.32. The van der Waals surface area contributed by atoms with Crippen LogP contribution in [0.3, 0.4) is 0 Å². The number of esters is 1. The molecule has 3 nitrogen and oxygen atoms in total. The SMILES string of the molecule is CCOC(=O)CN(Cc1c(Cl)cccc1Cl)C(C)C. The third-order valence-electron chi connectivity index (χ3n) is 2.79. The van der Waals surface area contributed by atoms with Crippen molar-refractivity contribution in [3.05, 3.63) is 33.8 Å². The number of benzene rings is 1. The second-order valence-electron chi connectivity index (χ2n) is 4.50. The van der Waals surface area contributed by atoms with E-state index in [4.69, 9.17) is 27.9 Å². The van der Waals surface area contributed by atoms with E-state index in [1.54, 1.807) is 25.1 Å². The lowest BCUT2D eigenvalue weighted by Gasteiger charge is -2.26. The summed E-state index contributed by atoms with van der Waals surface area (Å²) in [6.07, 6.45) is 0. The van der Waals surface area contributed by atoms with Gasteiger partial charge in [0.05, 0.1) is 13.2 Å². The number of nitrogens with zero attached hydrogens (tertiary/aromatic N) is 1. The van der Waals surface area contributed by atoms with Crippen molar-refractivity contribution in [2.45, 2.75) is 33.4 Å². The Kier molecular flexibility index (Phi) is 6.63. The smallest absolute Gasteiger partial charge is 0.320 e. The highest BCUT2D eigenvalue weighted by molar-refractivity contribution is 6.35. The summed E-state index contributed by atoms with van der Waals surface area (Å²) in [5, 5.41) is 1.23. The lowest BCUT2D eigenvalue weighted by Crippen LogP contribution is -2.36. The fourth-order valence-corrected chi connectivity index (χ4v) is 2.20. The standard InChI is InChI=1S/C14H19Cl2NO2/c1-4-19-14(18)9-17(10(2)3)8-11-12(15)6-5-7-13(11)16/h5-7,10H,4,8-9H2,1-3H3. The summed E-state index contributed by atoms with van der Waals surface area (Å²) in [6, 6.07) is 5.59. The maximum atomic E-state index is 11.6. The van der Waals surface area contributed by atoms with Crippen molar-refractivity contribution in [3.63, 3.8) is 0 Å². The van der Waals surface area contributed by atoms with Gasteiger partial charge in [-0.2, -0.15) is 0 Å². The van der Waals surface area contributed by atoms with Gasteiger partial charge in [-0.3, -0.25) is 9.69 Å². The molecule has 5 heteroatoms. The van der Waals surface area contributed by atoms with Crippen molar-refractivity contribution in [3.8, 4) is 0 Å². The van der Waals surface area contributed by atoms with Crippen molar-refractivity contribution in [2.24, 2.45) is 0 Å². The second-order valence-corrected chi connectivity index (χ2v) is 5.32. The number of carbonyl (C=O) groups is 1. The number of hydrogen-bond acceptors (Lipinski definition) is 3. The average molecular weight is 304 g/mol. The van der Waals surface area contributed by atoms with Crippen LogP contribution in [0.15, 0.2) is 18.2 Å². The maximum absolute atomic E-state index is 11.6. The van der Waals surface area contributed by atoms with Gasteiger partial charge < -0.3 is 4.74 Å². The molecule has 0 aliphatic rings. The molecule has 1 aromatic rings. The number of halogens is 2. The van der Waals surface area contributed by atoms with Gasteiger partial charge in [-0.1, -0.05) is 29.3 Å². The Bertz CT molecular complexity index is 415. The van der Waals surface area contributed by atoms with Crippen LogP contribution in [0.2, 0.25) is 10.0 Å². The van der Waals surface area contributed by atoms with Crippen LogP contribution in [0.5, 0.6) is 0 Å². The zero-order valence-electron chi connectivity index (χ0n) is 11.5. The van der Waals surface area contributed by atoms with Crippen LogP contribution in [0.4, 0.5) is 0 Å². The normalized spacial score (nSPS) is 11.1. The molecule has 0 saturated carbocycles. The van der Waals surface area contributed by atoms with Gasteiger partial charge in [-0.05, 0) is 32.9 Å². The Labute approximate surface area is 124 Å². The summed E-state index contributed by atoms with van der Waals surface area (Å²) in [5.41, 5.74) is 0.837. The molecule has 0 bridgehead atoms. The fraction of sp³-hybridized carbons (Fsp3) is 0.500. The highest BCUT2D eigenvalue weighted by Crippen LogP contribution is 2.26. The summed E-state index contributed by atoms with van der Waals surface area (Å²) >= 11 is 12.3. The van der Waals surface area contributed by atoms with E-state index >= 15 is 0 Å². The van der Waals surface area contributed by atoms with Crippen LogP contribution in [-0.2, 0) is 16.1 Å². The molecule has 0 aliphatic heterocycles. The molecule has 19 heavy (non-hydrogen) atoms. The predicted molar refractivity (Wildman–Crippen MR) is 78.6 cm³/mol. The van der Waals surface area contributed by atoms with Crippen molar-refractivity contribution in [1.29, 1.82) is 0 Å². The van der Waals surface area contributed by atoms with E-state index in [1.165, 1.54) is 0 Å². The summed E-state index contributed by atoms with van der Waals surface area (Å²) in [4.78, 5) is 13.6. The number of carbonyl (C=O) groups excluding carboxylic acids is 1. The van der Waals surface area contributed by atoms with Gasteiger partial charge in [0.1, 0.15) is 0 Å². The molecule has 0 N–H and O–H groups in total. The Hall–Kier alpha value is -0.770. The van der Waals surface area contributed by atoms with E-state index in [0.29, 0.717) is 23.2 Å². The molecule has 0 atom stereocenters. The Morgan fingerprint density at radius 2 is 1.89 bits per heavy atom. The number of ether oxygens (including phenoxy) is 1. The Balaban J connectivity index is 2.81. The van der Waals surface area contributed by atoms with E-state index in [9.17, 15) is 4.79 Å². The summed E-state index contributed by atoms with van der Waals surface area (Å²) in [6.45, 7) is 6.97. The molecule has 0 radical (unpaired) electrons. The first-order chi connectivity index (χ1) is 8.95. The minimum Gasteiger partial charge on any atom is -0.465 e. The topological polar surface area (TPSA) is 29.5 Å². The first-order valence-electron chi connectivity index (χ1n) is 6.28. The van der Waals surface area contributed by atoms with Crippen molar-refractivity contribution < 1.29 is 9.53 Å². The monoisotopic (exact) mass is 303 g/mol. The van der Waals surface area contributed by atoms with E-state index in [2.05, 4.69) is 0 Å². The molecule has 0 unspecified atom stereocenters. The first-order valence-corrected chi connectivity index (χ1v) is 7.03. The minimum absolute atomic E-state index is 0.191. The highest BCUT2D eigenvalue weighted by Gasteiger charge is 2.18. The zero-order valence-corrected chi connectivity index (χ0v) is 13.0. The lowest BCUT2D eigenvalue weighted by atomic mass is 10.2. The number of rotatable bonds is 6. The van der Waals surface area contributed by atoms with Crippen molar-refractivity contribution >= 4 is 29.2 Å². The second kappa shape index (κ2) is 7.73. The predicted octanol–water partition coefficient (Wildman–Crippen LogP) is 3.77. The zero-order chi connectivity index (χ0) is 14.4. The van der Waals surface area contributed by atoms with Crippen LogP contribution < -0.4 is 0 Å². The van der Waals surface area contributed by atoms with Crippen LogP contribution in [0.1, 0.15) is 26.3 Å². The largest absolute Gasteiger partial charge is 0.465 e. The summed E-state index contributed by atoms with van der Waals surface area (Å²) in [7, 11) is 0. The Morgan fingerprint density at radius 3 is 2.37 bits per heavy atom. The first kappa shape index (κ1) is 16.3. The molecule has 0 heterocycles. The lowest BCUT2D eigenvalue weighted by molar-refractivity contribution is -0.145. The van der Waals surface area contributed by atoms with Crippen molar-refractivity contribution in [2.75, 3.05) is 13.2 Å². The van der Waals surface area contributed by atoms with E-state index in [-0.39, 0.29) is 18.6 Å². The Morgan fingerprint density at radius 1 is 1.32 bits per heavy atom. The molecule has 0 aliphatic carbocycles. The number of hydrogen-bond donors (Lipinski definition) is 0. The fourth-order valence-electron chi connectivity index (χ4n) is 1.68. The third-order valence-corrected chi connectivity index (χ3v) is 3.50. The molecule has 0 amide bonds. The van der Waals surface area contributed by atoms with Gasteiger partial charge in [0.15, 0.2) is 0 Å². The van der Waals surface area contributed by atoms with E-state index in [0.717, 1.165) is 5.56 Å². The van der Waals surface area contributed by atoms with Gasteiger partial charge in [0.2, 0.25) is 0 Å². The molecule has 0 spiro atoms. The van der Waals surface area contributed by atoms with Crippen LogP contribution in [0.25, 0.3) is 0 Å². The maximum Gasteiger partial charge on any atom is 0.320 e. The van der Waals surface area contributed by atoms with Crippen LogP contribution >= 0.6 is 23.2 Å². The highest BCUT2D eigenvalue weighted by atomic mass is 35.5. The van der Waals surface area contributed by atoms with E-state index in [1.807, 2.05) is 18.7 Å². The van der Waals surface area contributed by atoms with Gasteiger partial charge in [0, 0.05) is 28.2 Å². The van der Waals surface area contributed by atoms with Gasteiger partial charge >= 0.3 is 5.97 Å². The van der Waals surface area contributed by atoms with Crippen molar-refractivity contribution in [1.82, 2.24) is 4.90 Å². The molecule has 106 valence electrons. The minimum atomic E-state index is -0.237. The van der Waals surface area contributed by atoms with Gasteiger partial charge in [-0.25, -0.2) is 0 Å². The van der Waals surface area contributed by atoms with Gasteiger partial charge in [-0.15, -0.1) is 0 Å².